The molecule has 1 atom stereocenters. The first kappa shape index (κ1) is 22.7. The lowest BCUT2D eigenvalue weighted by molar-refractivity contribution is -0.162. The Kier molecular flexibility index (Phi) is 8.45. The van der Waals surface area contributed by atoms with Crippen LogP contribution in [-0.4, -0.2) is 61.3 Å². The topological polar surface area (TPSA) is 94.2 Å². The molecule has 29 heavy (non-hydrogen) atoms. The number of nitrogens with zero attached hydrogens (tertiary/aromatic N) is 1. The van der Waals surface area contributed by atoms with Crippen LogP contribution in [0.25, 0.3) is 0 Å². The maximum Gasteiger partial charge on any atom is 0.407 e. The molecule has 0 aliphatic carbocycles. The zero-order valence-electron chi connectivity index (χ0n) is 17.3. The second-order valence-corrected chi connectivity index (χ2v) is 7.75. The van der Waals surface area contributed by atoms with Gasteiger partial charge in [-0.2, -0.15) is 0 Å². The molecule has 8 nitrogen and oxygen atoms in total. The molecule has 2 amide bonds. The number of rotatable bonds is 7. The highest BCUT2D eigenvalue weighted by Gasteiger charge is 2.30. The number of ether oxygens (including phenoxy) is 3. The van der Waals surface area contributed by atoms with E-state index >= 15 is 0 Å². The minimum atomic E-state index is -0.986. The Balaban J connectivity index is 1.87. The van der Waals surface area contributed by atoms with Gasteiger partial charge in [0.15, 0.2) is 0 Å². The van der Waals surface area contributed by atoms with E-state index in [1.807, 2.05) is 6.07 Å². The van der Waals surface area contributed by atoms with Crippen LogP contribution in [0.15, 0.2) is 30.3 Å². The average Bonchev–Trinajstić information content (AvgIpc) is 2.69. The van der Waals surface area contributed by atoms with Gasteiger partial charge in [-0.3, -0.25) is 9.59 Å². The summed E-state index contributed by atoms with van der Waals surface area (Å²) < 4.78 is 15.9. The van der Waals surface area contributed by atoms with Crippen molar-refractivity contribution < 1.29 is 28.6 Å². The molecular weight excluding hydrogens is 376 g/mol. The van der Waals surface area contributed by atoms with Gasteiger partial charge in [-0.15, -0.1) is 0 Å². The molecule has 1 aromatic carbocycles. The highest BCUT2D eigenvalue weighted by molar-refractivity contribution is 5.85. The van der Waals surface area contributed by atoms with E-state index in [2.05, 4.69) is 5.32 Å². The summed E-state index contributed by atoms with van der Waals surface area (Å²) in [7, 11) is 0. The third-order valence-corrected chi connectivity index (χ3v) is 4.12. The van der Waals surface area contributed by atoms with Crippen LogP contribution in [0.2, 0.25) is 0 Å². The van der Waals surface area contributed by atoms with Gasteiger partial charge in [-0.25, -0.2) is 4.79 Å². The number of esters is 1. The van der Waals surface area contributed by atoms with Crippen molar-refractivity contribution in [1.82, 2.24) is 10.2 Å². The summed E-state index contributed by atoms with van der Waals surface area (Å²) in [6.07, 6.45) is -1.06. The fourth-order valence-electron chi connectivity index (χ4n) is 2.77. The summed E-state index contributed by atoms with van der Waals surface area (Å²) in [6, 6.07) is 8.96. The van der Waals surface area contributed by atoms with Crippen molar-refractivity contribution in [2.24, 2.45) is 0 Å². The normalized spacial score (nSPS) is 15.3. The molecule has 1 aromatic rings. The van der Waals surface area contributed by atoms with Gasteiger partial charge in [0, 0.05) is 31.6 Å². The fraction of sp³-hybridized carbons (Fsp3) is 0.571. The van der Waals surface area contributed by atoms with Gasteiger partial charge in [0.05, 0.1) is 13.2 Å². The second-order valence-electron chi connectivity index (χ2n) is 7.75. The molecule has 0 radical (unpaired) electrons. The molecule has 0 spiro atoms. The Labute approximate surface area is 171 Å². The summed E-state index contributed by atoms with van der Waals surface area (Å²) in [5, 5.41) is 2.60. The van der Waals surface area contributed by atoms with Crippen LogP contribution in [-0.2, 0) is 23.8 Å². The lowest BCUT2D eigenvalue weighted by atomic mass is 10.1. The van der Waals surface area contributed by atoms with Gasteiger partial charge in [0.1, 0.15) is 5.60 Å². The van der Waals surface area contributed by atoms with Crippen molar-refractivity contribution >= 4 is 18.0 Å². The van der Waals surface area contributed by atoms with E-state index in [4.69, 9.17) is 14.2 Å². The first-order valence-corrected chi connectivity index (χ1v) is 9.84. The summed E-state index contributed by atoms with van der Waals surface area (Å²) in [4.78, 5) is 38.5. The standard InChI is InChI=1S/C21H30N2O6/c1-21(2,3)29-20(26)22-11-7-10-17(24)28-18(16-8-5-4-6-9-16)19(25)23-12-14-27-15-13-23/h4-6,8-9,18H,7,10-15H2,1-3H3,(H,22,26)/t18-/m1/s1. The zero-order chi connectivity index (χ0) is 21.3. The van der Waals surface area contributed by atoms with E-state index in [9.17, 15) is 14.4 Å². The molecule has 1 saturated heterocycles. The van der Waals surface area contributed by atoms with E-state index in [0.717, 1.165) is 0 Å². The summed E-state index contributed by atoms with van der Waals surface area (Å²) >= 11 is 0. The number of amides is 2. The molecule has 1 aliphatic rings. The molecule has 2 rings (SSSR count). The monoisotopic (exact) mass is 406 g/mol. The Hall–Kier alpha value is -2.61. The number of hydrogen-bond donors (Lipinski definition) is 1. The summed E-state index contributed by atoms with van der Waals surface area (Å²) in [5.41, 5.74) is 0.0513. The first-order valence-electron chi connectivity index (χ1n) is 9.84. The number of carbonyl (C=O) groups is 3. The average molecular weight is 406 g/mol. The molecule has 0 bridgehead atoms. The van der Waals surface area contributed by atoms with Gasteiger partial charge in [0.2, 0.25) is 6.10 Å². The van der Waals surface area contributed by atoms with Crippen LogP contribution in [0.1, 0.15) is 45.3 Å². The van der Waals surface area contributed by atoms with Crippen LogP contribution in [0.3, 0.4) is 0 Å². The highest BCUT2D eigenvalue weighted by atomic mass is 16.6. The van der Waals surface area contributed by atoms with E-state index in [0.29, 0.717) is 38.3 Å². The van der Waals surface area contributed by atoms with Crippen LogP contribution >= 0.6 is 0 Å². The number of morpholine rings is 1. The van der Waals surface area contributed by atoms with Gasteiger partial charge < -0.3 is 24.4 Å². The van der Waals surface area contributed by atoms with Crippen molar-refractivity contribution in [3.8, 4) is 0 Å². The van der Waals surface area contributed by atoms with Crippen LogP contribution in [0.4, 0.5) is 4.79 Å². The van der Waals surface area contributed by atoms with E-state index < -0.39 is 23.8 Å². The van der Waals surface area contributed by atoms with E-state index in [-0.39, 0.29) is 18.9 Å². The van der Waals surface area contributed by atoms with Crippen molar-refractivity contribution in [3.05, 3.63) is 35.9 Å². The van der Waals surface area contributed by atoms with Gasteiger partial charge in [-0.05, 0) is 27.2 Å². The summed E-state index contributed by atoms with van der Waals surface area (Å²) in [5.74, 6) is -0.744. The van der Waals surface area contributed by atoms with Crippen molar-refractivity contribution in [2.75, 3.05) is 32.8 Å². The van der Waals surface area contributed by atoms with Crippen molar-refractivity contribution in [2.45, 2.75) is 45.3 Å². The second kappa shape index (κ2) is 10.8. The smallest absolute Gasteiger partial charge is 0.407 e. The maximum absolute atomic E-state index is 12.9. The van der Waals surface area contributed by atoms with E-state index in [1.165, 1.54) is 0 Å². The molecule has 0 aromatic heterocycles. The third-order valence-electron chi connectivity index (χ3n) is 4.12. The molecule has 1 heterocycles. The molecule has 0 unspecified atom stereocenters. The van der Waals surface area contributed by atoms with Crippen LogP contribution in [0.5, 0.6) is 0 Å². The van der Waals surface area contributed by atoms with Gasteiger partial charge >= 0.3 is 12.1 Å². The van der Waals surface area contributed by atoms with Crippen LogP contribution in [0, 0.1) is 0 Å². The number of hydrogen-bond acceptors (Lipinski definition) is 6. The van der Waals surface area contributed by atoms with Gasteiger partial charge in [0.25, 0.3) is 5.91 Å². The maximum atomic E-state index is 12.9. The molecule has 1 fully saturated rings. The molecular formula is C21H30N2O6. The predicted molar refractivity (Wildman–Crippen MR) is 106 cm³/mol. The SMILES string of the molecule is CC(C)(C)OC(=O)NCCCC(=O)O[C@@H](C(=O)N1CCOCC1)c1ccccc1. The Morgan fingerprint density at radius 2 is 1.79 bits per heavy atom. The Morgan fingerprint density at radius 3 is 2.41 bits per heavy atom. The highest BCUT2D eigenvalue weighted by Crippen LogP contribution is 2.22. The quantitative estimate of drug-likeness (QED) is 0.552. The molecule has 8 heteroatoms. The van der Waals surface area contributed by atoms with Crippen molar-refractivity contribution in [3.63, 3.8) is 0 Å². The molecule has 0 saturated carbocycles. The lowest BCUT2D eigenvalue weighted by Gasteiger charge is -2.30. The largest absolute Gasteiger partial charge is 0.447 e. The number of alkyl carbamates (subject to hydrolysis) is 1. The summed E-state index contributed by atoms with van der Waals surface area (Å²) in [6.45, 7) is 7.49. The van der Waals surface area contributed by atoms with Gasteiger partial charge in [-0.1, -0.05) is 30.3 Å². The number of nitrogens with one attached hydrogen (secondary N) is 1. The minimum Gasteiger partial charge on any atom is -0.447 e. The molecule has 160 valence electrons. The Bertz CT molecular complexity index is 680. The molecule has 1 N–H and O–H groups in total. The molecule has 1 aliphatic heterocycles. The Morgan fingerprint density at radius 1 is 1.14 bits per heavy atom. The zero-order valence-corrected chi connectivity index (χ0v) is 17.3. The van der Waals surface area contributed by atoms with Crippen molar-refractivity contribution in [1.29, 1.82) is 0 Å². The third kappa shape index (κ3) is 8.11. The predicted octanol–water partition coefficient (Wildman–Crippen LogP) is 2.43. The number of carbonyl (C=O) groups excluding carboxylic acids is 3. The number of benzene rings is 1. The van der Waals surface area contributed by atoms with E-state index in [1.54, 1.807) is 49.9 Å². The van der Waals surface area contributed by atoms with Crippen LogP contribution < -0.4 is 5.32 Å². The lowest BCUT2D eigenvalue weighted by Crippen LogP contribution is -2.44. The minimum absolute atomic E-state index is 0.0789. The first-order chi connectivity index (χ1) is 13.8. The fourth-order valence-corrected chi connectivity index (χ4v) is 2.77.